The Morgan fingerprint density at radius 3 is 2.93 bits per heavy atom. The van der Waals surface area contributed by atoms with E-state index < -0.39 is 0 Å². The molecule has 78 valence electrons. The molecule has 2 N–H and O–H groups in total. The van der Waals surface area contributed by atoms with Gasteiger partial charge in [-0.05, 0) is 40.8 Å². The molecule has 1 aromatic carbocycles. The van der Waals surface area contributed by atoms with Crippen LogP contribution in [0.5, 0.6) is 0 Å². The summed E-state index contributed by atoms with van der Waals surface area (Å²) in [5.74, 6) is 0. The van der Waals surface area contributed by atoms with Crippen LogP contribution >= 0.6 is 22.6 Å². The van der Waals surface area contributed by atoms with Crippen molar-refractivity contribution in [2.24, 2.45) is 0 Å². The Hall–Kier alpha value is -0.330. The summed E-state index contributed by atoms with van der Waals surface area (Å²) in [6.45, 7) is 1.88. The molecule has 0 saturated heterocycles. The molecule has 0 heterocycles. The Morgan fingerprint density at radius 2 is 2.21 bits per heavy atom. The topological polar surface area (TPSA) is 41.5 Å². The van der Waals surface area contributed by atoms with Crippen LogP contribution in [0.25, 0.3) is 0 Å². The lowest BCUT2D eigenvalue weighted by Crippen LogP contribution is -2.11. The first-order chi connectivity index (χ1) is 6.83. The molecule has 1 aromatic rings. The molecule has 0 unspecified atom stereocenters. The van der Waals surface area contributed by atoms with Crippen molar-refractivity contribution in [1.29, 1.82) is 0 Å². The Labute approximate surface area is 97.6 Å². The molecule has 0 aliphatic carbocycles. The molecular weight excluding hydrogens is 293 g/mol. The van der Waals surface area contributed by atoms with E-state index in [1.807, 2.05) is 18.2 Å². The zero-order valence-electron chi connectivity index (χ0n) is 7.87. The molecule has 0 aliphatic rings. The van der Waals surface area contributed by atoms with Gasteiger partial charge in [0.2, 0.25) is 0 Å². The molecule has 0 fully saturated rings. The lowest BCUT2D eigenvalue weighted by molar-refractivity contribution is 0.0992. The van der Waals surface area contributed by atoms with E-state index in [1.54, 1.807) is 0 Å². The quantitative estimate of drug-likeness (QED) is 0.621. The molecule has 0 aromatic heterocycles. The third kappa shape index (κ3) is 4.78. The van der Waals surface area contributed by atoms with Gasteiger partial charge < -0.3 is 15.2 Å². The molecule has 0 amide bonds. The standard InChI is InChI=1S/C10H14INO2/c11-9-2-1-3-10(8-9)12-4-6-14-7-5-13/h1-3,8,12-13H,4-7H2. The number of hydrogen-bond donors (Lipinski definition) is 2. The van der Waals surface area contributed by atoms with Crippen molar-refractivity contribution < 1.29 is 9.84 Å². The van der Waals surface area contributed by atoms with Crippen molar-refractivity contribution >= 4 is 28.3 Å². The van der Waals surface area contributed by atoms with Gasteiger partial charge in [-0.2, -0.15) is 0 Å². The highest BCUT2D eigenvalue weighted by atomic mass is 127. The van der Waals surface area contributed by atoms with Crippen molar-refractivity contribution in [3.05, 3.63) is 27.8 Å². The molecule has 3 nitrogen and oxygen atoms in total. The Kier molecular flexibility index (Phi) is 5.89. The fourth-order valence-corrected chi connectivity index (χ4v) is 1.58. The van der Waals surface area contributed by atoms with Gasteiger partial charge in [-0.15, -0.1) is 0 Å². The first-order valence-electron chi connectivity index (χ1n) is 4.51. The summed E-state index contributed by atoms with van der Waals surface area (Å²) in [5.41, 5.74) is 1.10. The summed E-state index contributed by atoms with van der Waals surface area (Å²) < 4.78 is 6.33. The van der Waals surface area contributed by atoms with E-state index in [2.05, 4.69) is 34.0 Å². The largest absolute Gasteiger partial charge is 0.394 e. The molecule has 0 aliphatic heterocycles. The average Bonchev–Trinajstić information content (AvgIpc) is 2.18. The second kappa shape index (κ2) is 7.03. The third-order valence-corrected chi connectivity index (χ3v) is 2.31. The minimum Gasteiger partial charge on any atom is -0.394 e. The fourth-order valence-electron chi connectivity index (χ4n) is 1.03. The van der Waals surface area contributed by atoms with Crippen molar-refractivity contribution in [3.63, 3.8) is 0 Å². The van der Waals surface area contributed by atoms with E-state index in [0.29, 0.717) is 13.2 Å². The van der Waals surface area contributed by atoms with Gasteiger partial charge in [0, 0.05) is 15.8 Å². The smallest absolute Gasteiger partial charge is 0.0698 e. The highest BCUT2D eigenvalue weighted by molar-refractivity contribution is 14.1. The molecule has 0 radical (unpaired) electrons. The van der Waals surface area contributed by atoms with Gasteiger partial charge in [0.05, 0.1) is 19.8 Å². The highest BCUT2D eigenvalue weighted by Crippen LogP contribution is 2.11. The summed E-state index contributed by atoms with van der Waals surface area (Å²) in [7, 11) is 0. The number of ether oxygens (including phenoxy) is 1. The minimum absolute atomic E-state index is 0.0865. The number of rotatable bonds is 6. The van der Waals surface area contributed by atoms with Crippen LogP contribution in [0.4, 0.5) is 5.69 Å². The molecule has 0 bridgehead atoms. The predicted octanol–water partition coefficient (Wildman–Crippen LogP) is 1.71. The third-order valence-electron chi connectivity index (χ3n) is 1.64. The van der Waals surface area contributed by atoms with E-state index in [4.69, 9.17) is 9.84 Å². The van der Waals surface area contributed by atoms with Crippen LogP contribution in [-0.2, 0) is 4.74 Å². The summed E-state index contributed by atoms with van der Waals surface area (Å²) in [6.07, 6.45) is 0. The van der Waals surface area contributed by atoms with Crippen molar-refractivity contribution in [2.45, 2.75) is 0 Å². The van der Waals surface area contributed by atoms with E-state index in [9.17, 15) is 0 Å². The normalized spacial score (nSPS) is 10.1. The number of nitrogens with one attached hydrogen (secondary N) is 1. The summed E-state index contributed by atoms with van der Waals surface area (Å²) >= 11 is 2.28. The molecule has 0 saturated carbocycles. The Bertz CT molecular complexity index is 268. The molecule has 14 heavy (non-hydrogen) atoms. The van der Waals surface area contributed by atoms with Gasteiger partial charge in [-0.1, -0.05) is 6.07 Å². The number of benzene rings is 1. The Balaban J connectivity index is 2.18. The molecule has 0 spiro atoms. The maximum atomic E-state index is 8.47. The summed E-state index contributed by atoms with van der Waals surface area (Å²) in [4.78, 5) is 0. The summed E-state index contributed by atoms with van der Waals surface area (Å²) in [5, 5.41) is 11.7. The van der Waals surface area contributed by atoms with Crippen LogP contribution < -0.4 is 5.32 Å². The first-order valence-corrected chi connectivity index (χ1v) is 5.59. The van der Waals surface area contributed by atoms with E-state index in [-0.39, 0.29) is 6.61 Å². The van der Waals surface area contributed by atoms with E-state index in [0.717, 1.165) is 12.2 Å². The van der Waals surface area contributed by atoms with Crippen LogP contribution in [0, 0.1) is 3.57 Å². The molecule has 1 rings (SSSR count). The van der Waals surface area contributed by atoms with E-state index >= 15 is 0 Å². The first kappa shape index (κ1) is 11.7. The lowest BCUT2D eigenvalue weighted by atomic mass is 10.3. The minimum atomic E-state index is 0.0865. The fraction of sp³-hybridized carbons (Fsp3) is 0.400. The maximum Gasteiger partial charge on any atom is 0.0698 e. The molecular formula is C10H14INO2. The highest BCUT2D eigenvalue weighted by Gasteiger charge is 1.92. The van der Waals surface area contributed by atoms with Crippen molar-refractivity contribution in [2.75, 3.05) is 31.7 Å². The van der Waals surface area contributed by atoms with Gasteiger partial charge >= 0.3 is 0 Å². The number of halogens is 1. The number of aliphatic hydroxyl groups is 1. The average molecular weight is 307 g/mol. The van der Waals surface area contributed by atoms with Crippen molar-refractivity contribution in [3.8, 4) is 0 Å². The zero-order valence-corrected chi connectivity index (χ0v) is 10.0. The van der Waals surface area contributed by atoms with E-state index in [1.165, 1.54) is 3.57 Å². The number of hydrogen-bond acceptors (Lipinski definition) is 3. The second-order valence-corrected chi connectivity index (χ2v) is 4.02. The van der Waals surface area contributed by atoms with Gasteiger partial charge in [0.15, 0.2) is 0 Å². The van der Waals surface area contributed by atoms with Crippen LogP contribution in [-0.4, -0.2) is 31.5 Å². The van der Waals surface area contributed by atoms with Crippen molar-refractivity contribution in [1.82, 2.24) is 0 Å². The van der Waals surface area contributed by atoms with Crippen LogP contribution in [0.1, 0.15) is 0 Å². The second-order valence-electron chi connectivity index (χ2n) is 2.77. The van der Waals surface area contributed by atoms with Crippen LogP contribution in [0.2, 0.25) is 0 Å². The number of anilines is 1. The van der Waals surface area contributed by atoms with Gasteiger partial charge in [0.1, 0.15) is 0 Å². The zero-order chi connectivity index (χ0) is 10.2. The molecule has 4 heteroatoms. The Morgan fingerprint density at radius 1 is 1.36 bits per heavy atom. The SMILES string of the molecule is OCCOCCNc1cccc(I)c1. The lowest BCUT2D eigenvalue weighted by Gasteiger charge is -2.06. The summed E-state index contributed by atoms with van der Waals surface area (Å²) in [6, 6.07) is 8.16. The molecule has 0 atom stereocenters. The maximum absolute atomic E-state index is 8.47. The van der Waals surface area contributed by atoms with Crippen LogP contribution in [0.15, 0.2) is 24.3 Å². The monoisotopic (exact) mass is 307 g/mol. The number of aliphatic hydroxyl groups excluding tert-OH is 1. The van der Waals surface area contributed by atoms with Gasteiger partial charge in [0.25, 0.3) is 0 Å². The predicted molar refractivity (Wildman–Crippen MR) is 65.6 cm³/mol. The van der Waals surface area contributed by atoms with Gasteiger partial charge in [-0.3, -0.25) is 0 Å². The van der Waals surface area contributed by atoms with Crippen LogP contribution in [0.3, 0.4) is 0 Å². The van der Waals surface area contributed by atoms with Gasteiger partial charge in [-0.25, -0.2) is 0 Å².